The first-order valence-electron chi connectivity index (χ1n) is 20.6. The van der Waals surface area contributed by atoms with Crippen molar-refractivity contribution in [3.8, 4) is 11.8 Å². The third kappa shape index (κ3) is 9.40. The van der Waals surface area contributed by atoms with Gasteiger partial charge in [0.05, 0.1) is 39.1 Å². The number of rotatable bonds is 19. The summed E-state index contributed by atoms with van der Waals surface area (Å²) < 4.78 is 43.8. The summed E-state index contributed by atoms with van der Waals surface area (Å²) >= 11 is 0. The van der Waals surface area contributed by atoms with Crippen molar-refractivity contribution in [3.05, 3.63) is 150 Å². The van der Waals surface area contributed by atoms with Crippen LogP contribution in [-0.4, -0.2) is 87.9 Å². The standard InChI is InChI=1S/C47H52N7O7P/c1-32(2)54(33(3)4)62(59-28-16-27-48)61-41-39(29-58-47(35-19-12-8-13-20-35,36-21-14-9-15-22-36)37-23-25-38(56-5)26-24-37)60-46(42(41)57-6)53-31-51-40-43(49-30-50-44(40)53)52-45(55)34-17-10-7-11-18-34/h7-15,17-26,30-33,39,41-42,46H,16,28-29H2,1-6H3,(H,49,50,52,55)/t39-,41?,42+,46-,62?/m1/s1. The number of carbonyl (C=O) groups is 1. The average Bonchev–Trinajstić information content (AvgIpc) is 3.89. The molecule has 1 fully saturated rings. The second-order valence-electron chi connectivity index (χ2n) is 15.2. The van der Waals surface area contributed by atoms with Gasteiger partial charge in [-0.25, -0.2) is 19.6 Å². The molecule has 0 bridgehead atoms. The molecule has 3 heterocycles. The number of hydrogen-bond donors (Lipinski definition) is 1. The molecule has 1 N–H and O–H groups in total. The van der Waals surface area contributed by atoms with Gasteiger partial charge in [-0.05, 0) is 68.7 Å². The number of imidazole rings is 1. The van der Waals surface area contributed by atoms with E-state index in [0.29, 0.717) is 22.5 Å². The van der Waals surface area contributed by atoms with Crippen LogP contribution in [0, 0.1) is 11.3 Å². The maximum atomic E-state index is 13.2. The molecule has 7 rings (SSSR count). The van der Waals surface area contributed by atoms with Crippen LogP contribution in [-0.2, 0) is 28.9 Å². The van der Waals surface area contributed by atoms with Crippen LogP contribution in [0.3, 0.4) is 0 Å². The van der Waals surface area contributed by atoms with Gasteiger partial charge in [0.2, 0.25) is 0 Å². The highest BCUT2D eigenvalue weighted by molar-refractivity contribution is 7.44. The molecule has 5 atom stereocenters. The van der Waals surface area contributed by atoms with Crippen LogP contribution in [0.4, 0.5) is 5.82 Å². The zero-order valence-corrected chi connectivity index (χ0v) is 36.6. The van der Waals surface area contributed by atoms with Crippen molar-refractivity contribution in [1.82, 2.24) is 24.2 Å². The van der Waals surface area contributed by atoms with Crippen molar-refractivity contribution in [3.63, 3.8) is 0 Å². The highest BCUT2D eigenvalue weighted by Crippen LogP contribution is 2.51. The Kier molecular flexibility index (Phi) is 14.7. The fraction of sp³-hybridized carbons (Fsp3) is 0.340. The molecule has 1 amide bonds. The minimum atomic E-state index is -1.75. The summed E-state index contributed by atoms with van der Waals surface area (Å²) in [7, 11) is 1.50. The molecular weight excluding hydrogens is 806 g/mol. The van der Waals surface area contributed by atoms with Crippen molar-refractivity contribution in [2.24, 2.45) is 0 Å². The largest absolute Gasteiger partial charge is 0.497 e. The molecule has 0 saturated carbocycles. The van der Waals surface area contributed by atoms with E-state index in [2.05, 4.69) is 83.0 Å². The molecule has 322 valence electrons. The van der Waals surface area contributed by atoms with Crippen molar-refractivity contribution in [2.75, 3.05) is 32.8 Å². The van der Waals surface area contributed by atoms with Gasteiger partial charge in [0.25, 0.3) is 14.4 Å². The van der Waals surface area contributed by atoms with E-state index < -0.39 is 38.7 Å². The molecule has 1 aliphatic heterocycles. The number of amides is 1. The molecule has 0 aliphatic carbocycles. The third-order valence-electron chi connectivity index (χ3n) is 10.7. The monoisotopic (exact) mass is 857 g/mol. The SMILES string of the molecule is COc1ccc(C(OC[C@H]2O[C@@H](n3cnc4c(NC(=O)c5ccccc5)ncnc43)[C@@H](OC)C2OP(OCCC#N)N(C(C)C)C(C)C)(c2ccccc2)c2ccccc2)cc1. The van der Waals surface area contributed by atoms with Crippen molar-refractivity contribution in [1.29, 1.82) is 5.26 Å². The lowest BCUT2D eigenvalue weighted by Crippen LogP contribution is -2.42. The molecule has 4 aromatic carbocycles. The van der Waals surface area contributed by atoms with Gasteiger partial charge in [0.1, 0.15) is 36.0 Å². The predicted octanol–water partition coefficient (Wildman–Crippen LogP) is 8.67. The van der Waals surface area contributed by atoms with E-state index in [1.165, 1.54) is 6.33 Å². The maximum Gasteiger partial charge on any atom is 0.259 e. The molecular formula is C47H52N7O7P. The summed E-state index contributed by atoms with van der Waals surface area (Å²) in [5.41, 5.74) is 2.83. The second kappa shape index (κ2) is 20.5. The van der Waals surface area contributed by atoms with Crippen molar-refractivity contribution >= 4 is 31.4 Å². The van der Waals surface area contributed by atoms with Crippen LogP contribution in [0.1, 0.15) is 67.4 Å². The van der Waals surface area contributed by atoms with Gasteiger partial charge >= 0.3 is 0 Å². The Hall–Kier alpha value is -5.62. The second-order valence-corrected chi connectivity index (χ2v) is 16.6. The number of fused-ring (bicyclic) bond motifs is 1. The number of methoxy groups -OCH3 is 2. The van der Waals surface area contributed by atoms with E-state index in [-0.39, 0.29) is 43.4 Å². The third-order valence-corrected chi connectivity index (χ3v) is 12.8. The van der Waals surface area contributed by atoms with E-state index in [0.717, 1.165) is 16.7 Å². The fourth-order valence-electron chi connectivity index (χ4n) is 7.87. The van der Waals surface area contributed by atoms with Crippen molar-refractivity contribution < 1.29 is 32.8 Å². The zero-order valence-electron chi connectivity index (χ0n) is 35.7. The summed E-state index contributed by atoms with van der Waals surface area (Å²) in [5.74, 6) is 0.626. The number of hydrogen-bond acceptors (Lipinski definition) is 12. The van der Waals surface area contributed by atoms with Crippen LogP contribution in [0.5, 0.6) is 5.75 Å². The summed E-state index contributed by atoms with van der Waals surface area (Å²) in [4.78, 5) is 26.9. The maximum absolute atomic E-state index is 13.2. The average molecular weight is 858 g/mol. The fourth-order valence-corrected chi connectivity index (χ4v) is 9.64. The number of nitrogens with zero attached hydrogens (tertiary/aromatic N) is 6. The topological polar surface area (TPSA) is 155 Å². The first kappa shape index (κ1) is 44.4. The Balaban J connectivity index is 1.32. The lowest BCUT2D eigenvalue weighted by Gasteiger charge is -2.39. The van der Waals surface area contributed by atoms with E-state index in [9.17, 15) is 10.1 Å². The van der Waals surface area contributed by atoms with E-state index in [4.69, 9.17) is 28.0 Å². The molecule has 0 radical (unpaired) electrons. The summed E-state index contributed by atoms with van der Waals surface area (Å²) in [6.45, 7) is 8.55. The molecule has 14 nitrogen and oxygen atoms in total. The summed E-state index contributed by atoms with van der Waals surface area (Å²) in [6.07, 6.45) is 0.0761. The minimum absolute atomic E-state index is 0.0293. The highest BCUT2D eigenvalue weighted by Gasteiger charge is 2.51. The van der Waals surface area contributed by atoms with Crippen LogP contribution >= 0.6 is 8.53 Å². The van der Waals surface area contributed by atoms with Gasteiger partial charge < -0.3 is 33.3 Å². The first-order chi connectivity index (χ1) is 30.2. The number of benzene rings is 4. The molecule has 62 heavy (non-hydrogen) atoms. The molecule has 15 heteroatoms. The summed E-state index contributed by atoms with van der Waals surface area (Å²) in [5, 5.41) is 12.4. The lowest BCUT2D eigenvalue weighted by atomic mass is 9.80. The number of carbonyl (C=O) groups excluding carboxylic acids is 1. The zero-order chi connectivity index (χ0) is 43.6. The number of anilines is 1. The van der Waals surface area contributed by atoms with E-state index >= 15 is 0 Å². The van der Waals surface area contributed by atoms with Crippen LogP contribution in [0.2, 0.25) is 0 Å². The Morgan fingerprint density at radius 1 is 0.855 bits per heavy atom. The van der Waals surface area contributed by atoms with Crippen LogP contribution < -0.4 is 10.1 Å². The smallest absolute Gasteiger partial charge is 0.259 e. The van der Waals surface area contributed by atoms with E-state index in [1.807, 2.05) is 66.7 Å². The first-order valence-corrected chi connectivity index (χ1v) is 21.7. The number of aromatic nitrogens is 4. The Morgan fingerprint density at radius 3 is 2.05 bits per heavy atom. The van der Waals surface area contributed by atoms with Crippen molar-refractivity contribution in [2.45, 2.75) is 76.3 Å². The van der Waals surface area contributed by atoms with Gasteiger partial charge in [-0.2, -0.15) is 5.26 Å². The van der Waals surface area contributed by atoms with Crippen LogP contribution in [0.25, 0.3) is 11.2 Å². The number of ether oxygens (including phenoxy) is 4. The number of nitrogens with one attached hydrogen (secondary N) is 1. The molecule has 1 aliphatic rings. The molecule has 2 aromatic heterocycles. The molecule has 2 unspecified atom stereocenters. The summed E-state index contributed by atoms with van der Waals surface area (Å²) in [6, 6.07) is 39.2. The van der Waals surface area contributed by atoms with Gasteiger partial charge in [-0.15, -0.1) is 0 Å². The minimum Gasteiger partial charge on any atom is -0.497 e. The lowest BCUT2D eigenvalue weighted by molar-refractivity contribution is -0.0938. The Morgan fingerprint density at radius 2 is 1.47 bits per heavy atom. The van der Waals surface area contributed by atoms with E-state index in [1.54, 1.807) is 49.4 Å². The quantitative estimate of drug-likeness (QED) is 0.0471. The van der Waals surface area contributed by atoms with Gasteiger partial charge in [0.15, 0.2) is 23.2 Å². The highest BCUT2D eigenvalue weighted by atomic mass is 31.2. The molecule has 1 saturated heterocycles. The predicted molar refractivity (Wildman–Crippen MR) is 236 cm³/mol. The normalized spacial score (nSPS) is 18.3. The van der Waals surface area contributed by atoms with Gasteiger partial charge in [-0.1, -0.05) is 91.0 Å². The van der Waals surface area contributed by atoms with Crippen LogP contribution in [0.15, 0.2) is 128 Å². The Labute approximate surface area is 363 Å². The number of nitriles is 1. The molecule has 0 spiro atoms. The van der Waals surface area contributed by atoms with Gasteiger partial charge in [0, 0.05) is 24.8 Å². The van der Waals surface area contributed by atoms with Gasteiger partial charge in [-0.3, -0.25) is 9.36 Å². The molecule has 6 aromatic rings. The Bertz CT molecular complexity index is 2350.